The first kappa shape index (κ1) is 25.8. The number of methoxy groups -OCH3 is 3. The molecule has 4 rings (SSSR count). The highest BCUT2D eigenvalue weighted by Gasteiger charge is 2.46. The Labute approximate surface area is 214 Å². The number of amides is 1. The Hall–Kier alpha value is -4.33. The fraction of sp³-hybridized carbons (Fsp3) is 0.241. The molecule has 7 nitrogen and oxygen atoms in total. The lowest BCUT2D eigenvalue weighted by atomic mass is 9.93. The lowest BCUT2D eigenvalue weighted by Gasteiger charge is -2.26. The number of nitrogens with zero attached hydrogens (tertiary/aromatic N) is 1. The number of carbonyl (C=O) groups excluding carboxylic acids is 2. The van der Waals surface area contributed by atoms with E-state index in [9.17, 15) is 19.1 Å². The van der Waals surface area contributed by atoms with Crippen LogP contribution in [0.1, 0.15) is 28.3 Å². The van der Waals surface area contributed by atoms with Crippen molar-refractivity contribution in [2.24, 2.45) is 0 Å². The van der Waals surface area contributed by atoms with Crippen molar-refractivity contribution in [2.75, 3.05) is 27.9 Å². The van der Waals surface area contributed by atoms with Crippen molar-refractivity contribution in [2.45, 2.75) is 19.4 Å². The maximum atomic E-state index is 13.4. The monoisotopic (exact) mass is 505 g/mol. The molecule has 1 saturated heterocycles. The van der Waals surface area contributed by atoms with Gasteiger partial charge in [0.1, 0.15) is 17.3 Å². The average Bonchev–Trinajstić information content (AvgIpc) is 3.16. The third-order valence-corrected chi connectivity index (χ3v) is 6.51. The molecule has 192 valence electrons. The molecule has 8 heteroatoms. The van der Waals surface area contributed by atoms with Crippen molar-refractivity contribution in [1.82, 2.24) is 4.90 Å². The fourth-order valence-electron chi connectivity index (χ4n) is 4.55. The molecule has 1 unspecified atom stereocenters. The van der Waals surface area contributed by atoms with Gasteiger partial charge in [-0.3, -0.25) is 9.59 Å². The Morgan fingerprint density at radius 1 is 0.919 bits per heavy atom. The highest BCUT2D eigenvalue weighted by Crippen LogP contribution is 2.42. The van der Waals surface area contributed by atoms with Crippen molar-refractivity contribution >= 4 is 17.4 Å². The van der Waals surface area contributed by atoms with Crippen LogP contribution >= 0.6 is 0 Å². The second-order valence-electron chi connectivity index (χ2n) is 8.66. The van der Waals surface area contributed by atoms with E-state index in [1.54, 1.807) is 55.5 Å². The van der Waals surface area contributed by atoms with Gasteiger partial charge in [-0.2, -0.15) is 0 Å². The molecular weight excluding hydrogens is 477 g/mol. The summed E-state index contributed by atoms with van der Waals surface area (Å²) in [7, 11) is 4.55. The van der Waals surface area contributed by atoms with Gasteiger partial charge in [0.15, 0.2) is 11.5 Å². The lowest BCUT2D eigenvalue weighted by molar-refractivity contribution is -0.139. The largest absolute Gasteiger partial charge is 0.507 e. The summed E-state index contributed by atoms with van der Waals surface area (Å²) in [6.07, 6.45) is 0.388. The first-order valence-electron chi connectivity index (χ1n) is 11.7. The zero-order valence-electron chi connectivity index (χ0n) is 21.1. The van der Waals surface area contributed by atoms with Gasteiger partial charge in [0.25, 0.3) is 11.7 Å². The maximum absolute atomic E-state index is 13.4. The normalized spacial score (nSPS) is 16.7. The molecule has 3 aromatic carbocycles. The van der Waals surface area contributed by atoms with E-state index in [0.29, 0.717) is 40.4 Å². The average molecular weight is 506 g/mol. The van der Waals surface area contributed by atoms with Gasteiger partial charge in [0.2, 0.25) is 0 Å². The molecule has 0 radical (unpaired) electrons. The Kier molecular flexibility index (Phi) is 7.47. The maximum Gasteiger partial charge on any atom is 0.295 e. The topological polar surface area (TPSA) is 85.3 Å². The number of benzene rings is 3. The number of halogens is 1. The summed E-state index contributed by atoms with van der Waals surface area (Å²) in [5.74, 6) is -0.635. The number of aliphatic hydroxyl groups excluding tert-OH is 1. The van der Waals surface area contributed by atoms with E-state index in [0.717, 1.165) is 5.56 Å². The number of aliphatic hydroxyl groups is 1. The number of likely N-dealkylation sites (tertiary alicyclic amines) is 1. The molecule has 0 spiro atoms. The summed E-state index contributed by atoms with van der Waals surface area (Å²) in [5, 5.41) is 11.4. The van der Waals surface area contributed by atoms with Crippen LogP contribution in [0.3, 0.4) is 0 Å². The number of ether oxygens (including phenoxy) is 3. The van der Waals surface area contributed by atoms with Gasteiger partial charge < -0.3 is 24.2 Å². The standard InChI is InChI=1S/C29H28FNO6/c1-17-15-21(35-2)10-11-22(17)27(32)25-26(19-7-12-23(36-3)24(16-19)37-4)31(29(34)28(25)33)14-13-18-5-8-20(30)9-6-18/h5-12,15-16,26,32H,13-14H2,1-4H3/b27-25+. The molecular formula is C29H28FNO6. The van der Waals surface area contributed by atoms with Crippen LogP contribution in [0.25, 0.3) is 5.76 Å². The SMILES string of the molecule is COc1ccc(/C(O)=C2\C(=O)C(=O)N(CCc3ccc(F)cc3)C2c2ccc(OC)c(OC)c2)c(C)c1. The van der Waals surface area contributed by atoms with E-state index >= 15 is 0 Å². The summed E-state index contributed by atoms with van der Waals surface area (Å²) >= 11 is 0. The van der Waals surface area contributed by atoms with Crippen molar-refractivity contribution < 1.29 is 33.3 Å². The van der Waals surface area contributed by atoms with Gasteiger partial charge in [0.05, 0.1) is 32.9 Å². The molecule has 1 heterocycles. The van der Waals surface area contributed by atoms with Crippen LogP contribution < -0.4 is 14.2 Å². The van der Waals surface area contributed by atoms with Gasteiger partial charge in [-0.05, 0) is 72.5 Å². The quantitative estimate of drug-likeness (QED) is 0.268. The van der Waals surface area contributed by atoms with E-state index in [2.05, 4.69) is 0 Å². The first-order chi connectivity index (χ1) is 17.8. The van der Waals surface area contributed by atoms with Crippen LogP contribution in [-0.4, -0.2) is 49.6 Å². The van der Waals surface area contributed by atoms with Crippen molar-refractivity contribution in [3.63, 3.8) is 0 Å². The summed E-state index contributed by atoms with van der Waals surface area (Å²) in [6.45, 7) is 1.96. The second-order valence-corrected chi connectivity index (χ2v) is 8.66. The van der Waals surface area contributed by atoms with E-state index in [1.807, 2.05) is 0 Å². The highest BCUT2D eigenvalue weighted by atomic mass is 19.1. The first-order valence-corrected chi connectivity index (χ1v) is 11.7. The molecule has 37 heavy (non-hydrogen) atoms. The van der Waals surface area contributed by atoms with Crippen LogP contribution in [0.4, 0.5) is 4.39 Å². The van der Waals surface area contributed by atoms with Crippen LogP contribution in [0.2, 0.25) is 0 Å². The molecule has 1 fully saturated rings. The molecule has 1 N–H and O–H groups in total. The number of carbonyl (C=O) groups is 2. The minimum atomic E-state index is -0.873. The van der Waals surface area contributed by atoms with E-state index in [4.69, 9.17) is 14.2 Å². The van der Waals surface area contributed by atoms with Gasteiger partial charge >= 0.3 is 0 Å². The zero-order valence-corrected chi connectivity index (χ0v) is 21.1. The minimum absolute atomic E-state index is 0.0235. The minimum Gasteiger partial charge on any atom is -0.507 e. The van der Waals surface area contributed by atoms with Crippen molar-refractivity contribution in [3.05, 3.63) is 94.3 Å². The third kappa shape index (κ3) is 5.00. The van der Waals surface area contributed by atoms with Crippen LogP contribution in [0.5, 0.6) is 17.2 Å². The second kappa shape index (κ2) is 10.7. The Morgan fingerprint density at radius 2 is 1.62 bits per heavy atom. The molecule has 1 atom stereocenters. The smallest absolute Gasteiger partial charge is 0.295 e. The zero-order chi connectivity index (χ0) is 26.7. The van der Waals surface area contributed by atoms with Gasteiger partial charge in [-0.25, -0.2) is 4.39 Å². The summed E-state index contributed by atoms with van der Waals surface area (Å²) in [5.41, 5.74) is 2.46. The number of aryl methyl sites for hydroxylation is 1. The van der Waals surface area contributed by atoms with Crippen LogP contribution in [-0.2, 0) is 16.0 Å². The van der Waals surface area contributed by atoms with E-state index in [1.165, 1.54) is 38.4 Å². The Bertz CT molecular complexity index is 1370. The molecule has 0 saturated carbocycles. The number of rotatable bonds is 8. The predicted molar refractivity (Wildman–Crippen MR) is 136 cm³/mol. The number of hydrogen-bond acceptors (Lipinski definition) is 6. The van der Waals surface area contributed by atoms with Crippen molar-refractivity contribution in [1.29, 1.82) is 0 Å². The van der Waals surface area contributed by atoms with Gasteiger partial charge in [-0.15, -0.1) is 0 Å². The predicted octanol–water partition coefficient (Wildman–Crippen LogP) is 4.82. The number of ketones is 1. The van der Waals surface area contributed by atoms with Crippen LogP contribution in [0.15, 0.2) is 66.2 Å². The molecule has 1 amide bonds. The Balaban J connectivity index is 1.83. The Morgan fingerprint density at radius 3 is 2.24 bits per heavy atom. The molecule has 3 aromatic rings. The molecule has 0 aromatic heterocycles. The number of hydrogen-bond donors (Lipinski definition) is 1. The van der Waals surface area contributed by atoms with Gasteiger partial charge in [-0.1, -0.05) is 18.2 Å². The molecule has 1 aliphatic heterocycles. The van der Waals surface area contributed by atoms with Gasteiger partial charge in [0, 0.05) is 12.1 Å². The lowest BCUT2D eigenvalue weighted by Crippen LogP contribution is -2.31. The highest BCUT2D eigenvalue weighted by molar-refractivity contribution is 6.46. The molecule has 0 bridgehead atoms. The molecule has 0 aliphatic carbocycles. The summed E-state index contributed by atoms with van der Waals surface area (Å²) < 4.78 is 29.4. The van der Waals surface area contributed by atoms with Crippen LogP contribution in [0, 0.1) is 12.7 Å². The summed E-state index contributed by atoms with van der Waals surface area (Å²) in [6, 6.07) is 15.3. The van der Waals surface area contributed by atoms with E-state index in [-0.39, 0.29) is 23.7 Å². The van der Waals surface area contributed by atoms with E-state index < -0.39 is 17.7 Å². The number of Topliss-reactive ketones (excluding diaryl/α,β-unsaturated/α-hetero) is 1. The summed E-state index contributed by atoms with van der Waals surface area (Å²) in [4.78, 5) is 28.0. The fourth-order valence-corrected chi connectivity index (χ4v) is 4.55. The third-order valence-electron chi connectivity index (χ3n) is 6.51. The molecule has 1 aliphatic rings. The van der Waals surface area contributed by atoms with Crippen molar-refractivity contribution in [3.8, 4) is 17.2 Å².